The highest BCUT2D eigenvalue weighted by Crippen LogP contribution is 2.36. The molecule has 0 saturated carbocycles. The molecule has 4 N–H and O–H groups in total. The third-order valence-corrected chi connectivity index (χ3v) is 14.1. The number of thiazole rings is 1. The van der Waals surface area contributed by atoms with Crippen molar-refractivity contribution < 1.29 is 29.3 Å². The molecule has 1 aliphatic rings. The van der Waals surface area contributed by atoms with Crippen LogP contribution < -0.4 is 15.4 Å². The predicted molar refractivity (Wildman–Crippen MR) is 279 cm³/mol. The van der Waals surface area contributed by atoms with Gasteiger partial charge in [-0.1, -0.05) is 133 Å². The summed E-state index contributed by atoms with van der Waals surface area (Å²) in [7, 11) is 0. The van der Waals surface area contributed by atoms with Crippen LogP contribution >= 0.6 is 11.3 Å². The molecule has 2 heterocycles. The number of rotatable bonds is 23. The highest BCUT2D eigenvalue weighted by atomic mass is 32.1. The van der Waals surface area contributed by atoms with E-state index in [-0.39, 0.29) is 42.5 Å². The third kappa shape index (κ3) is 14.6. The van der Waals surface area contributed by atoms with E-state index < -0.39 is 23.6 Å². The monoisotopic (exact) mass is 956 g/mol. The van der Waals surface area contributed by atoms with Gasteiger partial charge < -0.3 is 35.4 Å². The SMILES string of the molecule is CCC(=C(c1ccc(O)cc1)c1ccc(OCCN(CC)CCCCCCCC(=O)NC(C(=O)N2CC(O)CC2C(=O)NC(C)c2ccc(-c3scnc3C)cc2)C(C)(C)C)cc1)c1ccccc1. The predicted octanol–water partition coefficient (Wildman–Crippen LogP) is 10.6. The summed E-state index contributed by atoms with van der Waals surface area (Å²) < 4.78 is 6.22. The first kappa shape index (κ1) is 52.5. The maximum atomic E-state index is 14.1. The molecule has 4 unspecified atom stereocenters. The molecule has 4 aromatic carbocycles. The number of aliphatic hydroxyl groups is 1. The van der Waals surface area contributed by atoms with Gasteiger partial charge in [-0.25, -0.2) is 4.98 Å². The van der Waals surface area contributed by atoms with Gasteiger partial charge in [0.2, 0.25) is 17.7 Å². The Morgan fingerprint density at radius 1 is 0.841 bits per heavy atom. The van der Waals surface area contributed by atoms with Gasteiger partial charge in [0, 0.05) is 25.9 Å². The van der Waals surface area contributed by atoms with Crippen LogP contribution in [0, 0.1) is 12.3 Å². The number of β-amino-alcohol motifs (C(OH)–C–C–N with tert-alkyl or cyclic N) is 1. The smallest absolute Gasteiger partial charge is 0.246 e. The quantitative estimate of drug-likeness (QED) is 0.0374. The van der Waals surface area contributed by atoms with Crippen molar-refractivity contribution in [2.75, 3.05) is 32.8 Å². The number of allylic oxidation sites excluding steroid dienone is 1. The van der Waals surface area contributed by atoms with Gasteiger partial charge in [0.1, 0.15) is 30.2 Å². The fourth-order valence-electron chi connectivity index (χ4n) is 9.15. The number of amides is 3. The zero-order valence-corrected chi connectivity index (χ0v) is 42.5. The van der Waals surface area contributed by atoms with Crippen molar-refractivity contribution in [3.05, 3.63) is 137 Å². The van der Waals surface area contributed by atoms with Crippen LogP contribution in [0.1, 0.15) is 127 Å². The van der Waals surface area contributed by atoms with E-state index >= 15 is 0 Å². The number of benzene rings is 4. The number of carbonyl (C=O) groups is 3. The van der Waals surface area contributed by atoms with Crippen LogP contribution in [0.3, 0.4) is 0 Å². The van der Waals surface area contributed by atoms with Crippen LogP contribution in [0.4, 0.5) is 0 Å². The van der Waals surface area contributed by atoms with Crippen LogP contribution in [-0.2, 0) is 14.4 Å². The molecule has 0 aliphatic carbocycles. The van der Waals surface area contributed by atoms with Crippen molar-refractivity contribution in [2.24, 2.45) is 5.41 Å². The Bertz CT molecular complexity index is 2450. The molecule has 6 rings (SSSR count). The minimum Gasteiger partial charge on any atom is -0.508 e. The molecule has 368 valence electrons. The summed E-state index contributed by atoms with van der Waals surface area (Å²) in [5.74, 6) is 0.201. The normalized spacial score (nSPS) is 16.2. The van der Waals surface area contributed by atoms with Gasteiger partial charge in [-0.15, -0.1) is 11.3 Å². The summed E-state index contributed by atoms with van der Waals surface area (Å²) in [5.41, 5.74) is 9.88. The minimum atomic E-state index is -0.852. The standard InChI is InChI=1S/C57H73N5O6S/c1-8-49(42-18-14-13-15-19-42)52(43-25-29-46(63)30-26-43)44-27-31-48(32-28-44)68-35-34-61(9-2)33-17-12-10-11-16-20-51(65)60-54(57(5,6)7)56(67)62-37-47(64)36-50(62)55(66)59-39(3)41-21-23-45(24-22-41)53-40(4)58-38-69-53/h13-15,18-19,21-32,38-39,47,50,54,63-64H,8-12,16-17,20,33-37H2,1-7H3,(H,59,66)(H,60,65). The maximum absolute atomic E-state index is 14.1. The Morgan fingerprint density at radius 2 is 1.49 bits per heavy atom. The molecule has 0 radical (unpaired) electrons. The molecule has 3 amide bonds. The summed E-state index contributed by atoms with van der Waals surface area (Å²) in [6, 6.07) is 32.2. The highest BCUT2D eigenvalue weighted by molar-refractivity contribution is 7.13. The average molecular weight is 956 g/mol. The van der Waals surface area contributed by atoms with Crippen LogP contribution in [0.5, 0.6) is 11.5 Å². The zero-order chi connectivity index (χ0) is 49.5. The van der Waals surface area contributed by atoms with Gasteiger partial charge >= 0.3 is 0 Å². The van der Waals surface area contributed by atoms with Gasteiger partial charge in [0.05, 0.1) is 28.2 Å². The number of likely N-dealkylation sites (N-methyl/N-ethyl adjacent to an activating group) is 1. The summed E-state index contributed by atoms with van der Waals surface area (Å²) in [6.45, 7) is 17.3. The largest absolute Gasteiger partial charge is 0.508 e. The van der Waals surface area contributed by atoms with E-state index in [4.69, 9.17) is 4.74 Å². The Balaban J connectivity index is 0.910. The number of carbonyl (C=O) groups excluding carboxylic acids is 3. The number of aryl methyl sites for hydroxylation is 1. The van der Waals surface area contributed by atoms with Gasteiger partial charge in [-0.2, -0.15) is 0 Å². The number of unbranched alkanes of at least 4 members (excludes halogenated alkanes) is 4. The Morgan fingerprint density at radius 3 is 2.12 bits per heavy atom. The number of nitrogens with zero attached hydrogens (tertiary/aromatic N) is 3. The Hall–Kier alpha value is -5.82. The van der Waals surface area contributed by atoms with E-state index in [9.17, 15) is 24.6 Å². The number of phenolic OH excluding ortho intramolecular Hbond substituents is 1. The number of phenols is 1. The van der Waals surface area contributed by atoms with Crippen LogP contribution in [0.25, 0.3) is 21.6 Å². The van der Waals surface area contributed by atoms with Crippen molar-refractivity contribution in [1.29, 1.82) is 0 Å². The van der Waals surface area contributed by atoms with E-state index in [2.05, 4.69) is 70.8 Å². The van der Waals surface area contributed by atoms with E-state index in [1.165, 1.54) is 16.0 Å². The molecule has 1 fully saturated rings. The Labute approximate surface area is 414 Å². The second kappa shape index (κ2) is 25.2. The average Bonchev–Trinajstić information content (AvgIpc) is 3.97. The first-order valence-electron chi connectivity index (χ1n) is 24.8. The number of aliphatic hydroxyl groups excluding tert-OH is 1. The first-order chi connectivity index (χ1) is 33.2. The second-order valence-electron chi connectivity index (χ2n) is 19.3. The fraction of sp³-hybridized carbons (Fsp3) is 0.439. The van der Waals surface area contributed by atoms with Crippen molar-refractivity contribution in [3.8, 4) is 21.9 Å². The topological polar surface area (TPSA) is 144 Å². The number of likely N-dealkylation sites (tertiary alicyclic amines) is 1. The van der Waals surface area contributed by atoms with Crippen molar-refractivity contribution in [2.45, 2.75) is 124 Å². The molecule has 4 atom stereocenters. The molecule has 1 aliphatic heterocycles. The van der Waals surface area contributed by atoms with Crippen molar-refractivity contribution in [1.82, 2.24) is 25.4 Å². The van der Waals surface area contributed by atoms with E-state index in [1.54, 1.807) is 23.5 Å². The molecule has 0 spiro atoms. The molecule has 0 bridgehead atoms. The van der Waals surface area contributed by atoms with Gasteiger partial charge in [0.15, 0.2) is 0 Å². The number of hydrogen-bond acceptors (Lipinski definition) is 9. The van der Waals surface area contributed by atoms with Crippen LogP contribution in [0.15, 0.2) is 109 Å². The lowest BCUT2D eigenvalue weighted by Gasteiger charge is -2.35. The number of hydrogen-bond donors (Lipinski definition) is 4. The first-order valence-corrected chi connectivity index (χ1v) is 25.7. The lowest BCUT2D eigenvalue weighted by molar-refractivity contribution is -0.144. The molecule has 5 aromatic rings. The van der Waals surface area contributed by atoms with Gasteiger partial charge in [-0.3, -0.25) is 14.4 Å². The molecular formula is C57H73N5O6S. The van der Waals surface area contributed by atoms with E-state index in [0.29, 0.717) is 13.0 Å². The highest BCUT2D eigenvalue weighted by Gasteiger charge is 2.44. The minimum absolute atomic E-state index is 0.0329. The van der Waals surface area contributed by atoms with Crippen molar-refractivity contribution >= 4 is 40.2 Å². The number of ether oxygens (including phenoxy) is 1. The third-order valence-electron chi connectivity index (χ3n) is 13.1. The molecule has 1 aromatic heterocycles. The molecule has 11 nitrogen and oxygen atoms in total. The van der Waals surface area contributed by atoms with Gasteiger partial charge in [-0.05, 0) is 115 Å². The Kier molecular flexibility index (Phi) is 19.2. The maximum Gasteiger partial charge on any atom is 0.246 e. The summed E-state index contributed by atoms with van der Waals surface area (Å²) in [5, 5.41) is 26.7. The summed E-state index contributed by atoms with van der Waals surface area (Å²) in [6.07, 6.45) is 5.21. The summed E-state index contributed by atoms with van der Waals surface area (Å²) in [4.78, 5) is 50.4. The lowest BCUT2D eigenvalue weighted by Crippen LogP contribution is -2.57. The molecule has 1 saturated heterocycles. The molecule has 12 heteroatoms. The fourth-order valence-corrected chi connectivity index (χ4v) is 9.96. The van der Waals surface area contributed by atoms with Crippen LogP contribution in [0.2, 0.25) is 0 Å². The van der Waals surface area contributed by atoms with E-state index in [1.807, 2.05) is 94.7 Å². The number of aromatic hydroxyl groups is 1. The lowest BCUT2D eigenvalue weighted by atomic mass is 9.85. The number of aromatic nitrogens is 1. The second-order valence-corrected chi connectivity index (χ2v) is 20.2. The van der Waals surface area contributed by atoms with E-state index in [0.717, 1.165) is 102 Å². The van der Waals surface area contributed by atoms with Crippen molar-refractivity contribution in [3.63, 3.8) is 0 Å². The molecular weight excluding hydrogens is 883 g/mol. The summed E-state index contributed by atoms with van der Waals surface area (Å²) >= 11 is 1.59. The van der Waals surface area contributed by atoms with Gasteiger partial charge in [0.25, 0.3) is 0 Å². The molecule has 69 heavy (non-hydrogen) atoms. The van der Waals surface area contributed by atoms with Crippen LogP contribution in [-0.4, -0.2) is 93.7 Å². The number of nitrogens with one attached hydrogen (secondary N) is 2. The zero-order valence-electron chi connectivity index (χ0n) is 41.7.